The molecule has 0 saturated carbocycles. The van der Waals surface area contributed by atoms with Crippen LogP contribution in [0.1, 0.15) is 19.8 Å². The normalized spacial score (nSPS) is 18.1. The summed E-state index contributed by atoms with van der Waals surface area (Å²) in [6.45, 7) is 8.22. The van der Waals surface area contributed by atoms with Crippen molar-refractivity contribution in [2.75, 3.05) is 39.3 Å². The lowest BCUT2D eigenvalue weighted by Crippen LogP contribution is -3.21. The van der Waals surface area contributed by atoms with Crippen molar-refractivity contribution in [2.45, 2.75) is 19.8 Å². The van der Waals surface area contributed by atoms with Gasteiger partial charge in [0.05, 0.1) is 0 Å². The first-order valence-corrected chi connectivity index (χ1v) is 5.75. The average molecular weight is 201 g/mol. The number of carbonyl (C=O) groups excluding carboxylic acids is 1. The number of piperazine rings is 1. The van der Waals surface area contributed by atoms with Gasteiger partial charge in [0.2, 0.25) is 0 Å². The Hall–Kier alpha value is -0.610. The van der Waals surface area contributed by atoms with Crippen molar-refractivity contribution in [1.29, 1.82) is 0 Å². The fourth-order valence-corrected chi connectivity index (χ4v) is 1.75. The van der Waals surface area contributed by atoms with Gasteiger partial charge in [-0.2, -0.15) is 0 Å². The second kappa shape index (κ2) is 6.79. The minimum Gasteiger partial charge on any atom is -0.351 e. The number of hydrogen-bond donors (Lipinski definition) is 3. The van der Waals surface area contributed by atoms with Crippen molar-refractivity contribution in [3.05, 3.63) is 0 Å². The van der Waals surface area contributed by atoms with Crippen LogP contribution in [0.15, 0.2) is 0 Å². The monoisotopic (exact) mass is 201 g/mol. The Morgan fingerprint density at radius 3 is 2.79 bits per heavy atom. The van der Waals surface area contributed by atoms with Crippen molar-refractivity contribution in [2.24, 2.45) is 0 Å². The van der Waals surface area contributed by atoms with Crippen LogP contribution in [0.2, 0.25) is 0 Å². The predicted octanol–water partition coefficient (Wildman–Crippen LogP) is -2.64. The molecule has 0 aliphatic carbocycles. The van der Waals surface area contributed by atoms with E-state index in [1.165, 1.54) is 4.90 Å². The Balaban J connectivity index is 2.06. The Labute approximate surface area is 86.0 Å². The van der Waals surface area contributed by atoms with E-state index in [1.807, 2.05) is 0 Å². The number of hydrogen-bond acceptors (Lipinski definition) is 1. The maximum atomic E-state index is 11.4. The largest absolute Gasteiger partial charge is 0.351 e. The highest BCUT2D eigenvalue weighted by molar-refractivity contribution is 5.76. The van der Waals surface area contributed by atoms with Gasteiger partial charge in [-0.15, -0.1) is 0 Å². The Morgan fingerprint density at radius 1 is 1.43 bits per heavy atom. The second-order valence-corrected chi connectivity index (χ2v) is 4.00. The summed E-state index contributed by atoms with van der Waals surface area (Å²) in [5.41, 5.74) is 0. The summed E-state index contributed by atoms with van der Waals surface area (Å²) >= 11 is 0. The standard InChI is InChI=1S/C10H21N3O/c1-2-3-4-12-10(14)9-13-7-5-11-6-8-13/h11H,2-9H2,1H3,(H,12,14)/p+2. The van der Waals surface area contributed by atoms with Gasteiger partial charge in [-0.1, -0.05) is 13.3 Å². The molecule has 4 N–H and O–H groups in total. The van der Waals surface area contributed by atoms with E-state index in [0.717, 1.165) is 45.6 Å². The summed E-state index contributed by atoms with van der Waals surface area (Å²) in [5, 5.41) is 5.28. The molecular formula is C10H23N3O+2. The van der Waals surface area contributed by atoms with Gasteiger partial charge in [0.15, 0.2) is 6.54 Å². The Bertz CT molecular complexity index is 167. The van der Waals surface area contributed by atoms with Gasteiger partial charge in [-0.05, 0) is 6.42 Å². The molecule has 0 bridgehead atoms. The first-order valence-electron chi connectivity index (χ1n) is 5.75. The van der Waals surface area contributed by atoms with E-state index in [4.69, 9.17) is 0 Å². The fourth-order valence-electron chi connectivity index (χ4n) is 1.75. The van der Waals surface area contributed by atoms with Gasteiger partial charge in [-0.25, -0.2) is 0 Å². The molecule has 0 aromatic heterocycles. The molecule has 1 aliphatic rings. The molecule has 4 nitrogen and oxygen atoms in total. The molecule has 4 heteroatoms. The van der Waals surface area contributed by atoms with Gasteiger partial charge in [0.25, 0.3) is 5.91 Å². The minimum atomic E-state index is 0.218. The van der Waals surface area contributed by atoms with Crippen LogP contribution in [-0.4, -0.2) is 45.2 Å². The molecule has 0 aromatic carbocycles. The van der Waals surface area contributed by atoms with Crippen molar-refractivity contribution >= 4 is 5.91 Å². The first kappa shape index (κ1) is 11.5. The van der Waals surface area contributed by atoms with E-state index in [1.54, 1.807) is 0 Å². The van der Waals surface area contributed by atoms with Crippen LogP contribution < -0.4 is 15.5 Å². The summed E-state index contributed by atoms with van der Waals surface area (Å²) < 4.78 is 0. The molecule has 1 amide bonds. The maximum Gasteiger partial charge on any atom is 0.275 e. The zero-order chi connectivity index (χ0) is 10.2. The summed E-state index contributed by atoms with van der Waals surface area (Å²) in [6, 6.07) is 0. The molecule has 14 heavy (non-hydrogen) atoms. The predicted molar refractivity (Wildman–Crippen MR) is 55.1 cm³/mol. The third kappa shape index (κ3) is 4.58. The van der Waals surface area contributed by atoms with Crippen molar-refractivity contribution in [3.63, 3.8) is 0 Å². The summed E-state index contributed by atoms with van der Waals surface area (Å²) in [5.74, 6) is 0.218. The molecule has 1 rings (SSSR count). The number of rotatable bonds is 5. The number of amides is 1. The van der Waals surface area contributed by atoms with Gasteiger partial charge >= 0.3 is 0 Å². The molecule has 0 aromatic rings. The number of nitrogens with two attached hydrogens (primary N) is 1. The minimum absolute atomic E-state index is 0.218. The summed E-state index contributed by atoms with van der Waals surface area (Å²) in [4.78, 5) is 12.9. The Morgan fingerprint density at radius 2 is 2.14 bits per heavy atom. The van der Waals surface area contributed by atoms with E-state index < -0.39 is 0 Å². The lowest BCUT2D eigenvalue weighted by Gasteiger charge is -2.21. The van der Waals surface area contributed by atoms with Crippen LogP contribution in [0.4, 0.5) is 0 Å². The number of quaternary nitrogens is 2. The Kier molecular flexibility index (Phi) is 5.56. The SMILES string of the molecule is CCCCNC(=O)C[NH+]1CC[NH2+]CC1. The highest BCUT2D eigenvalue weighted by Crippen LogP contribution is 1.81. The van der Waals surface area contributed by atoms with Gasteiger partial charge in [-0.3, -0.25) is 4.79 Å². The smallest absolute Gasteiger partial charge is 0.275 e. The van der Waals surface area contributed by atoms with Crippen molar-refractivity contribution in [1.82, 2.24) is 5.32 Å². The molecule has 0 atom stereocenters. The fraction of sp³-hybridized carbons (Fsp3) is 0.900. The molecule has 0 spiro atoms. The van der Waals surface area contributed by atoms with Gasteiger partial charge in [0.1, 0.15) is 26.2 Å². The number of nitrogens with one attached hydrogen (secondary N) is 2. The van der Waals surface area contributed by atoms with Crippen LogP contribution in [0.5, 0.6) is 0 Å². The lowest BCUT2D eigenvalue weighted by molar-refractivity contribution is -0.940. The molecule has 1 aliphatic heterocycles. The lowest BCUT2D eigenvalue weighted by atomic mass is 10.3. The third-order valence-corrected chi connectivity index (χ3v) is 2.67. The van der Waals surface area contributed by atoms with Gasteiger partial charge < -0.3 is 15.5 Å². The van der Waals surface area contributed by atoms with E-state index in [2.05, 4.69) is 17.6 Å². The van der Waals surface area contributed by atoms with Crippen LogP contribution in [-0.2, 0) is 4.79 Å². The number of unbranched alkanes of at least 4 members (excludes halogenated alkanes) is 1. The molecular weight excluding hydrogens is 178 g/mol. The van der Waals surface area contributed by atoms with E-state index in [-0.39, 0.29) is 5.91 Å². The summed E-state index contributed by atoms with van der Waals surface area (Å²) in [7, 11) is 0. The van der Waals surface area contributed by atoms with Crippen LogP contribution >= 0.6 is 0 Å². The average Bonchev–Trinajstić information content (AvgIpc) is 2.20. The molecule has 0 unspecified atom stereocenters. The molecule has 1 fully saturated rings. The summed E-state index contributed by atoms with van der Waals surface area (Å²) in [6.07, 6.45) is 2.24. The number of carbonyl (C=O) groups is 1. The molecule has 1 heterocycles. The van der Waals surface area contributed by atoms with Crippen molar-refractivity contribution in [3.8, 4) is 0 Å². The molecule has 1 saturated heterocycles. The van der Waals surface area contributed by atoms with Crippen LogP contribution in [0.25, 0.3) is 0 Å². The zero-order valence-corrected chi connectivity index (χ0v) is 9.14. The highest BCUT2D eigenvalue weighted by Gasteiger charge is 2.18. The highest BCUT2D eigenvalue weighted by atomic mass is 16.2. The second-order valence-electron chi connectivity index (χ2n) is 4.00. The third-order valence-electron chi connectivity index (χ3n) is 2.67. The molecule has 82 valence electrons. The van der Waals surface area contributed by atoms with E-state index in [9.17, 15) is 4.79 Å². The van der Waals surface area contributed by atoms with Crippen molar-refractivity contribution < 1.29 is 15.0 Å². The van der Waals surface area contributed by atoms with Gasteiger partial charge in [0, 0.05) is 6.54 Å². The van der Waals surface area contributed by atoms with E-state index in [0.29, 0.717) is 6.54 Å². The zero-order valence-electron chi connectivity index (χ0n) is 9.14. The maximum absolute atomic E-state index is 11.4. The van der Waals surface area contributed by atoms with E-state index >= 15 is 0 Å². The van der Waals surface area contributed by atoms with Crippen LogP contribution in [0, 0.1) is 0 Å². The molecule has 0 radical (unpaired) electrons. The quantitative estimate of drug-likeness (QED) is 0.419. The van der Waals surface area contributed by atoms with Crippen LogP contribution in [0.3, 0.4) is 0 Å². The first-order chi connectivity index (χ1) is 6.83. The topological polar surface area (TPSA) is 50.1 Å².